The Hall–Kier alpha value is -3.67. The van der Waals surface area contributed by atoms with Crippen molar-refractivity contribution in [2.45, 2.75) is 20.3 Å². The summed E-state index contributed by atoms with van der Waals surface area (Å²) in [7, 11) is 1.34. The first kappa shape index (κ1) is 21.0. The number of allylic oxidation sites excluding steroid dienone is 1. The van der Waals surface area contributed by atoms with Crippen LogP contribution in [0, 0.1) is 12.7 Å². The maximum absolute atomic E-state index is 13.6. The molecule has 3 rings (SSSR count). The second-order valence-electron chi connectivity index (χ2n) is 6.70. The SMILES string of the molecule is C/C=C(/c1ccc(C(=O)OC)cc1)c1ccc(CC(=O)c2cncc(F)c2C)nc1. The molecule has 6 heteroatoms. The summed E-state index contributed by atoms with van der Waals surface area (Å²) >= 11 is 0. The number of nitrogens with zero attached hydrogens (tertiary/aromatic N) is 2. The van der Waals surface area contributed by atoms with Crippen molar-refractivity contribution in [3.05, 3.63) is 100 Å². The average molecular weight is 404 g/mol. The Labute approximate surface area is 174 Å². The Morgan fingerprint density at radius 3 is 2.27 bits per heavy atom. The minimum Gasteiger partial charge on any atom is -0.465 e. The molecule has 0 bridgehead atoms. The monoisotopic (exact) mass is 404 g/mol. The van der Waals surface area contributed by atoms with Crippen LogP contribution in [0.5, 0.6) is 0 Å². The summed E-state index contributed by atoms with van der Waals surface area (Å²) in [5, 5.41) is 0. The molecule has 0 unspecified atom stereocenters. The van der Waals surface area contributed by atoms with Gasteiger partial charge in [-0.1, -0.05) is 24.3 Å². The zero-order chi connectivity index (χ0) is 21.7. The van der Waals surface area contributed by atoms with Crippen LogP contribution < -0.4 is 0 Å². The maximum Gasteiger partial charge on any atom is 0.337 e. The van der Waals surface area contributed by atoms with E-state index in [2.05, 4.69) is 9.97 Å². The van der Waals surface area contributed by atoms with Crippen molar-refractivity contribution in [1.29, 1.82) is 0 Å². The molecule has 2 aromatic heterocycles. The van der Waals surface area contributed by atoms with Crippen molar-refractivity contribution in [3.8, 4) is 0 Å². The molecule has 0 spiro atoms. The lowest BCUT2D eigenvalue weighted by Gasteiger charge is -2.10. The van der Waals surface area contributed by atoms with Gasteiger partial charge >= 0.3 is 5.97 Å². The Kier molecular flexibility index (Phi) is 6.47. The van der Waals surface area contributed by atoms with Crippen LogP contribution in [0.4, 0.5) is 4.39 Å². The lowest BCUT2D eigenvalue weighted by Crippen LogP contribution is -2.09. The molecule has 2 heterocycles. The van der Waals surface area contributed by atoms with Crippen LogP contribution in [-0.2, 0) is 11.2 Å². The molecule has 0 atom stereocenters. The molecular formula is C24H21FN2O3. The van der Waals surface area contributed by atoms with Crippen LogP contribution in [0.25, 0.3) is 5.57 Å². The summed E-state index contributed by atoms with van der Waals surface area (Å²) in [5.74, 6) is -1.12. The topological polar surface area (TPSA) is 69.2 Å². The molecule has 1 aromatic carbocycles. The number of aromatic nitrogens is 2. The number of Topliss-reactive ketones (excluding diaryl/α,β-unsaturated/α-hetero) is 1. The van der Waals surface area contributed by atoms with E-state index < -0.39 is 5.82 Å². The van der Waals surface area contributed by atoms with Crippen molar-refractivity contribution in [2.75, 3.05) is 7.11 Å². The average Bonchev–Trinajstić information content (AvgIpc) is 2.77. The van der Waals surface area contributed by atoms with Crippen LogP contribution in [0.1, 0.15) is 50.0 Å². The van der Waals surface area contributed by atoms with Gasteiger partial charge in [-0.15, -0.1) is 0 Å². The highest BCUT2D eigenvalue weighted by molar-refractivity contribution is 5.98. The summed E-state index contributed by atoms with van der Waals surface area (Å²) in [5.41, 5.74) is 4.37. The van der Waals surface area contributed by atoms with Crippen molar-refractivity contribution in [1.82, 2.24) is 9.97 Å². The minimum atomic E-state index is -0.500. The molecular weight excluding hydrogens is 383 g/mol. The number of ketones is 1. The summed E-state index contributed by atoms with van der Waals surface area (Å²) in [6.45, 7) is 3.48. The molecule has 0 aliphatic heterocycles. The molecule has 0 amide bonds. The van der Waals surface area contributed by atoms with Crippen molar-refractivity contribution in [3.63, 3.8) is 0 Å². The highest BCUT2D eigenvalue weighted by Crippen LogP contribution is 2.24. The molecule has 0 N–H and O–H groups in total. The number of pyridine rings is 2. The number of hydrogen-bond donors (Lipinski definition) is 0. The fraction of sp³-hybridized carbons (Fsp3) is 0.167. The second-order valence-corrected chi connectivity index (χ2v) is 6.70. The summed E-state index contributed by atoms with van der Waals surface area (Å²) < 4.78 is 18.4. The second kappa shape index (κ2) is 9.22. The summed E-state index contributed by atoms with van der Waals surface area (Å²) in [6.07, 6.45) is 6.19. The van der Waals surface area contributed by atoms with Gasteiger partial charge in [0.05, 0.1) is 25.3 Å². The van der Waals surface area contributed by atoms with Gasteiger partial charge in [0.1, 0.15) is 5.82 Å². The van der Waals surface area contributed by atoms with E-state index in [0.717, 1.165) is 22.9 Å². The third-order valence-electron chi connectivity index (χ3n) is 4.84. The number of carbonyl (C=O) groups is 2. The van der Waals surface area contributed by atoms with Crippen LogP contribution in [0.15, 0.2) is 61.1 Å². The van der Waals surface area contributed by atoms with E-state index in [0.29, 0.717) is 16.8 Å². The third-order valence-corrected chi connectivity index (χ3v) is 4.84. The number of ether oxygens (including phenoxy) is 1. The Morgan fingerprint density at radius 2 is 1.67 bits per heavy atom. The summed E-state index contributed by atoms with van der Waals surface area (Å²) in [4.78, 5) is 32.3. The van der Waals surface area contributed by atoms with Crippen LogP contribution in [-0.4, -0.2) is 28.8 Å². The largest absolute Gasteiger partial charge is 0.465 e. The van der Waals surface area contributed by atoms with Gasteiger partial charge in [-0.2, -0.15) is 0 Å². The van der Waals surface area contributed by atoms with Gasteiger partial charge in [-0.25, -0.2) is 9.18 Å². The summed E-state index contributed by atoms with van der Waals surface area (Å²) in [6, 6.07) is 10.8. The standard InChI is InChI=1S/C24H21FN2O3/c1-4-20(16-5-7-17(8-6-16)24(29)30-3)18-9-10-19(27-12-18)11-23(28)21-13-26-14-22(25)15(21)2/h4-10,12-14H,11H2,1-3H3/b20-4-. The van der Waals surface area contributed by atoms with E-state index >= 15 is 0 Å². The van der Waals surface area contributed by atoms with Gasteiger partial charge in [-0.3, -0.25) is 14.8 Å². The number of hydrogen-bond acceptors (Lipinski definition) is 5. The zero-order valence-corrected chi connectivity index (χ0v) is 17.0. The van der Waals surface area contributed by atoms with Gasteiger partial charge in [0.25, 0.3) is 0 Å². The number of rotatable bonds is 6. The van der Waals surface area contributed by atoms with Crippen molar-refractivity contribution >= 4 is 17.3 Å². The maximum atomic E-state index is 13.6. The highest BCUT2D eigenvalue weighted by Gasteiger charge is 2.14. The molecule has 0 saturated carbocycles. The van der Waals surface area contributed by atoms with Crippen molar-refractivity contribution in [2.24, 2.45) is 0 Å². The van der Waals surface area contributed by atoms with Crippen LogP contribution in [0.2, 0.25) is 0 Å². The molecule has 3 aromatic rings. The van der Waals surface area contributed by atoms with Crippen LogP contribution in [0.3, 0.4) is 0 Å². The third kappa shape index (κ3) is 4.49. The lowest BCUT2D eigenvalue weighted by atomic mass is 9.97. The van der Waals surface area contributed by atoms with Crippen LogP contribution >= 0.6 is 0 Å². The van der Waals surface area contributed by atoms with Gasteiger partial charge in [-0.05, 0) is 48.7 Å². The highest BCUT2D eigenvalue weighted by atomic mass is 19.1. The Morgan fingerprint density at radius 1 is 1.00 bits per heavy atom. The smallest absolute Gasteiger partial charge is 0.337 e. The first-order valence-corrected chi connectivity index (χ1v) is 9.38. The van der Waals surface area contributed by atoms with Gasteiger partial charge in [0.2, 0.25) is 0 Å². The predicted octanol–water partition coefficient (Wildman–Crippen LogP) is 4.59. The predicted molar refractivity (Wildman–Crippen MR) is 112 cm³/mol. The number of esters is 1. The molecule has 0 aliphatic rings. The molecule has 0 radical (unpaired) electrons. The van der Waals surface area contributed by atoms with E-state index in [-0.39, 0.29) is 23.7 Å². The first-order valence-electron chi connectivity index (χ1n) is 9.38. The first-order chi connectivity index (χ1) is 14.4. The number of methoxy groups -OCH3 is 1. The minimum absolute atomic E-state index is 0.0608. The molecule has 0 saturated heterocycles. The number of benzene rings is 1. The number of carbonyl (C=O) groups excluding carboxylic acids is 2. The van der Waals surface area contributed by atoms with E-state index in [1.54, 1.807) is 31.3 Å². The van der Waals surface area contributed by atoms with E-state index in [1.807, 2.05) is 31.2 Å². The number of halogens is 1. The molecule has 0 aliphatic carbocycles. The van der Waals surface area contributed by atoms with E-state index in [9.17, 15) is 14.0 Å². The molecule has 0 fully saturated rings. The fourth-order valence-corrected chi connectivity index (χ4v) is 3.13. The Balaban J connectivity index is 1.78. The van der Waals surface area contributed by atoms with Gasteiger partial charge in [0, 0.05) is 29.2 Å². The molecule has 30 heavy (non-hydrogen) atoms. The van der Waals surface area contributed by atoms with Gasteiger partial charge < -0.3 is 4.74 Å². The lowest BCUT2D eigenvalue weighted by molar-refractivity contribution is 0.0600. The van der Waals surface area contributed by atoms with E-state index in [4.69, 9.17) is 4.74 Å². The van der Waals surface area contributed by atoms with E-state index in [1.165, 1.54) is 13.3 Å². The molecule has 152 valence electrons. The van der Waals surface area contributed by atoms with Gasteiger partial charge in [0.15, 0.2) is 5.78 Å². The molecule has 5 nitrogen and oxygen atoms in total. The van der Waals surface area contributed by atoms with Crippen molar-refractivity contribution < 1.29 is 18.7 Å². The zero-order valence-electron chi connectivity index (χ0n) is 17.0. The quantitative estimate of drug-likeness (QED) is 0.444. The Bertz CT molecular complexity index is 1100. The normalized spacial score (nSPS) is 11.3. The fourth-order valence-electron chi connectivity index (χ4n) is 3.13.